The Bertz CT molecular complexity index is 685. The molecule has 0 unspecified atom stereocenters. The highest BCUT2D eigenvalue weighted by Crippen LogP contribution is 2.24. The topological polar surface area (TPSA) is 50.7 Å². The molecule has 1 saturated carbocycles. The van der Waals surface area contributed by atoms with Gasteiger partial charge in [-0.1, -0.05) is 0 Å². The van der Waals surface area contributed by atoms with Crippen molar-refractivity contribution in [2.45, 2.75) is 38.7 Å². The first-order valence-electron chi connectivity index (χ1n) is 7.86. The van der Waals surface area contributed by atoms with Crippen LogP contribution in [-0.4, -0.2) is 18.2 Å². The van der Waals surface area contributed by atoms with Crippen molar-refractivity contribution in [1.82, 2.24) is 5.43 Å². The first-order valence-corrected chi connectivity index (χ1v) is 8.74. The van der Waals surface area contributed by atoms with Gasteiger partial charge in [-0.2, -0.15) is 5.10 Å². The minimum absolute atomic E-state index is 0.220. The molecule has 23 heavy (non-hydrogen) atoms. The van der Waals surface area contributed by atoms with Crippen LogP contribution in [0, 0.1) is 6.92 Å². The molecule has 0 aliphatic heterocycles. The Hall–Kier alpha value is -2.14. The lowest BCUT2D eigenvalue weighted by molar-refractivity contribution is 0.0955. The van der Waals surface area contributed by atoms with Gasteiger partial charge in [0.1, 0.15) is 5.75 Å². The number of hydrogen-bond donors (Lipinski definition) is 1. The highest BCUT2D eigenvalue weighted by Gasteiger charge is 2.16. The molecule has 1 fully saturated rings. The predicted molar refractivity (Wildman–Crippen MR) is 93.4 cm³/mol. The molecule has 1 aliphatic carbocycles. The molecule has 1 heterocycles. The minimum atomic E-state index is -0.220. The van der Waals surface area contributed by atoms with Gasteiger partial charge in [0.15, 0.2) is 0 Å². The van der Waals surface area contributed by atoms with Gasteiger partial charge < -0.3 is 4.74 Å². The van der Waals surface area contributed by atoms with Crippen LogP contribution in [0.4, 0.5) is 0 Å². The summed E-state index contributed by atoms with van der Waals surface area (Å²) >= 11 is 1.60. The summed E-state index contributed by atoms with van der Waals surface area (Å²) in [5.74, 6) is 0.606. The molecule has 1 amide bonds. The number of carbonyl (C=O) groups excluding carboxylic acids is 1. The Balaban J connectivity index is 1.55. The quantitative estimate of drug-likeness (QED) is 0.662. The van der Waals surface area contributed by atoms with Crippen LogP contribution in [0.3, 0.4) is 0 Å². The zero-order valence-corrected chi connectivity index (χ0v) is 13.9. The van der Waals surface area contributed by atoms with Crippen molar-refractivity contribution < 1.29 is 9.53 Å². The van der Waals surface area contributed by atoms with Crippen LogP contribution in [0.2, 0.25) is 0 Å². The van der Waals surface area contributed by atoms with Crippen molar-refractivity contribution in [3.05, 3.63) is 51.7 Å². The number of nitrogens with zero attached hydrogens (tertiary/aromatic N) is 1. The average Bonchev–Trinajstić information content (AvgIpc) is 3.20. The van der Waals surface area contributed by atoms with Gasteiger partial charge in [0, 0.05) is 10.4 Å². The number of nitrogens with one attached hydrogen (secondary N) is 1. The zero-order valence-electron chi connectivity index (χ0n) is 13.1. The van der Waals surface area contributed by atoms with Crippen molar-refractivity contribution in [1.29, 1.82) is 0 Å². The number of rotatable bonds is 5. The van der Waals surface area contributed by atoms with Crippen LogP contribution in [0.15, 0.2) is 40.8 Å². The first kappa shape index (κ1) is 15.7. The Morgan fingerprint density at radius 2 is 2.00 bits per heavy atom. The maximum absolute atomic E-state index is 12.1. The second-order valence-corrected chi connectivity index (χ2v) is 6.66. The van der Waals surface area contributed by atoms with Gasteiger partial charge in [-0.05, 0) is 73.9 Å². The van der Waals surface area contributed by atoms with Gasteiger partial charge >= 0.3 is 0 Å². The van der Waals surface area contributed by atoms with E-state index < -0.39 is 0 Å². The molecular formula is C18H20N2O2S. The van der Waals surface area contributed by atoms with E-state index in [2.05, 4.69) is 10.5 Å². The fourth-order valence-electron chi connectivity index (χ4n) is 2.61. The third kappa shape index (κ3) is 4.20. The first-order chi connectivity index (χ1) is 11.2. The summed E-state index contributed by atoms with van der Waals surface area (Å²) < 4.78 is 5.89. The molecule has 120 valence electrons. The lowest BCUT2D eigenvalue weighted by Crippen LogP contribution is -2.17. The average molecular weight is 328 g/mol. The Kier molecular flexibility index (Phi) is 5.08. The highest BCUT2D eigenvalue weighted by molar-refractivity contribution is 7.11. The maximum atomic E-state index is 12.1. The lowest BCUT2D eigenvalue weighted by atomic mass is 10.2. The van der Waals surface area contributed by atoms with E-state index in [9.17, 15) is 4.79 Å². The number of aryl methyl sites for hydroxylation is 1. The van der Waals surface area contributed by atoms with Crippen molar-refractivity contribution in [3.63, 3.8) is 0 Å². The number of ether oxygens (including phenoxy) is 1. The monoisotopic (exact) mass is 328 g/mol. The molecule has 1 aromatic heterocycles. The zero-order chi connectivity index (χ0) is 16.1. The summed E-state index contributed by atoms with van der Waals surface area (Å²) in [6.45, 7) is 2.02. The third-order valence-electron chi connectivity index (χ3n) is 3.97. The van der Waals surface area contributed by atoms with Crippen molar-refractivity contribution in [2.75, 3.05) is 0 Å². The molecule has 0 bridgehead atoms. The van der Waals surface area contributed by atoms with Gasteiger partial charge in [-0.15, -0.1) is 11.3 Å². The van der Waals surface area contributed by atoms with E-state index in [-0.39, 0.29) is 5.91 Å². The molecule has 0 spiro atoms. The fourth-order valence-corrected chi connectivity index (χ4v) is 3.40. The largest absolute Gasteiger partial charge is 0.490 e. The summed E-state index contributed by atoms with van der Waals surface area (Å²) in [4.78, 5) is 13.1. The Morgan fingerprint density at radius 3 is 2.65 bits per heavy atom. The van der Waals surface area contributed by atoms with Crippen molar-refractivity contribution in [3.8, 4) is 5.75 Å². The van der Waals surface area contributed by atoms with Crippen LogP contribution >= 0.6 is 11.3 Å². The maximum Gasteiger partial charge on any atom is 0.271 e. The summed E-state index contributed by atoms with van der Waals surface area (Å²) in [7, 11) is 0. The highest BCUT2D eigenvalue weighted by atomic mass is 32.1. The van der Waals surface area contributed by atoms with Crippen molar-refractivity contribution in [2.24, 2.45) is 5.10 Å². The summed E-state index contributed by atoms with van der Waals surface area (Å²) in [6.07, 6.45) is 6.74. The number of amides is 1. The minimum Gasteiger partial charge on any atom is -0.490 e. The van der Waals surface area contributed by atoms with E-state index in [0.29, 0.717) is 11.7 Å². The van der Waals surface area contributed by atoms with Gasteiger partial charge in [-0.3, -0.25) is 4.79 Å². The molecule has 1 N–H and O–H groups in total. The van der Waals surface area contributed by atoms with Crippen LogP contribution in [0.1, 0.15) is 46.5 Å². The second-order valence-electron chi connectivity index (χ2n) is 5.72. The smallest absolute Gasteiger partial charge is 0.271 e. The number of hydrazone groups is 1. The van der Waals surface area contributed by atoms with Crippen LogP contribution in [0.25, 0.3) is 0 Å². The summed E-state index contributed by atoms with van der Waals surface area (Å²) in [5.41, 5.74) is 4.28. The second kappa shape index (κ2) is 7.42. The summed E-state index contributed by atoms with van der Waals surface area (Å²) in [6, 6.07) is 9.26. The predicted octanol–water partition coefficient (Wildman–Crippen LogP) is 4.14. The number of hydrogen-bond acceptors (Lipinski definition) is 4. The SMILES string of the molecule is Cc1ccsc1/C=N/NC(=O)c1ccc(OC2CCCC2)cc1. The fraction of sp³-hybridized carbons (Fsp3) is 0.333. The molecule has 0 saturated heterocycles. The van der Waals surface area contributed by atoms with Gasteiger partial charge in [0.25, 0.3) is 5.91 Å². The number of carbonyl (C=O) groups is 1. The Labute approximate surface area is 140 Å². The Morgan fingerprint density at radius 1 is 1.26 bits per heavy atom. The third-order valence-corrected chi connectivity index (χ3v) is 4.92. The molecule has 0 radical (unpaired) electrons. The van der Waals surface area contributed by atoms with E-state index in [4.69, 9.17) is 4.74 Å². The number of thiophene rings is 1. The van der Waals surface area contributed by atoms with Crippen LogP contribution < -0.4 is 10.2 Å². The molecule has 0 atom stereocenters. The van der Waals surface area contributed by atoms with E-state index in [1.165, 1.54) is 12.8 Å². The lowest BCUT2D eigenvalue weighted by Gasteiger charge is -2.12. The molecule has 5 heteroatoms. The number of benzene rings is 1. The molecule has 4 nitrogen and oxygen atoms in total. The van der Waals surface area contributed by atoms with Gasteiger partial charge in [-0.25, -0.2) is 5.43 Å². The van der Waals surface area contributed by atoms with Crippen molar-refractivity contribution >= 4 is 23.5 Å². The van der Waals surface area contributed by atoms with E-state index >= 15 is 0 Å². The van der Waals surface area contributed by atoms with E-state index in [1.807, 2.05) is 30.5 Å². The molecule has 1 aliphatic rings. The van der Waals surface area contributed by atoms with Crippen LogP contribution in [-0.2, 0) is 0 Å². The van der Waals surface area contributed by atoms with E-state index in [0.717, 1.165) is 29.0 Å². The summed E-state index contributed by atoms with van der Waals surface area (Å²) in [5, 5.41) is 6.01. The normalized spacial score (nSPS) is 15.2. The van der Waals surface area contributed by atoms with Crippen LogP contribution in [0.5, 0.6) is 5.75 Å². The molecule has 3 rings (SSSR count). The molecule has 2 aromatic rings. The van der Waals surface area contributed by atoms with E-state index in [1.54, 1.807) is 29.7 Å². The molecule has 1 aromatic carbocycles. The van der Waals surface area contributed by atoms with Gasteiger partial charge in [0.05, 0.1) is 12.3 Å². The standard InChI is InChI=1S/C18H20N2O2S/c1-13-10-11-23-17(13)12-19-20-18(21)14-6-8-16(9-7-14)22-15-4-2-3-5-15/h6-12,15H,2-5H2,1H3,(H,20,21)/b19-12+. The van der Waals surface area contributed by atoms with Gasteiger partial charge in [0.2, 0.25) is 0 Å². The molecular weight excluding hydrogens is 308 g/mol.